The number of halogens is 3. The summed E-state index contributed by atoms with van der Waals surface area (Å²) in [5.74, 6) is -0.802. The van der Waals surface area contributed by atoms with Crippen molar-refractivity contribution < 1.29 is 31.9 Å². The molecule has 1 aromatic carbocycles. The van der Waals surface area contributed by atoms with Gasteiger partial charge >= 0.3 is 6.36 Å². The lowest BCUT2D eigenvalue weighted by atomic mass is 10.1. The number of carbonyl (C=O) groups is 2. The molecule has 0 bridgehead atoms. The highest BCUT2D eigenvalue weighted by Gasteiger charge is 2.35. The number of fused-ring (bicyclic) bond motifs is 1. The van der Waals surface area contributed by atoms with Gasteiger partial charge in [-0.05, 0) is 24.3 Å². The maximum atomic E-state index is 12.5. The Hall–Kier alpha value is -3.08. The van der Waals surface area contributed by atoms with E-state index in [9.17, 15) is 22.8 Å². The minimum Gasteiger partial charge on any atom is -0.467 e. The second-order valence-corrected chi connectivity index (χ2v) is 7.47. The molecule has 1 unspecified atom stereocenters. The van der Waals surface area contributed by atoms with E-state index in [1.165, 1.54) is 18.4 Å². The molecule has 0 radical (unpaired) electrons. The predicted octanol–water partition coefficient (Wildman–Crippen LogP) is 3.78. The molecule has 2 aromatic heterocycles. The SMILES string of the molecule is O=C(Nc1nc2ccc(OC(F)(F)F)cc2s1)C1CC(=O)N(Cc2ccco2)C1. The van der Waals surface area contributed by atoms with E-state index in [0.29, 0.717) is 22.5 Å². The van der Waals surface area contributed by atoms with Crippen LogP contribution < -0.4 is 10.1 Å². The van der Waals surface area contributed by atoms with Crippen molar-refractivity contribution in [2.24, 2.45) is 5.92 Å². The predicted molar refractivity (Wildman–Crippen MR) is 97.2 cm³/mol. The third-order valence-electron chi connectivity index (χ3n) is 4.34. The van der Waals surface area contributed by atoms with Gasteiger partial charge < -0.3 is 19.4 Å². The fraction of sp³-hybridized carbons (Fsp3) is 0.278. The summed E-state index contributed by atoms with van der Waals surface area (Å²) in [6, 6.07) is 7.22. The molecular formula is C18H14F3N3O4S. The van der Waals surface area contributed by atoms with Gasteiger partial charge in [-0.3, -0.25) is 9.59 Å². The number of nitrogens with zero attached hydrogens (tertiary/aromatic N) is 2. The van der Waals surface area contributed by atoms with Crippen LogP contribution >= 0.6 is 11.3 Å². The van der Waals surface area contributed by atoms with E-state index in [1.54, 1.807) is 17.0 Å². The lowest BCUT2D eigenvalue weighted by Gasteiger charge is -2.14. The summed E-state index contributed by atoms with van der Waals surface area (Å²) in [7, 11) is 0. The number of thiazole rings is 1. The first-order valence-electron chi connectivity index (χ1n) is 8.54. The number of alkyl halides is 3. The standard InChI is InChI=1S/C18H14F3N3O4S/c19-18(20,21)28-11-3-4-13-14(7-11)29-17(22-13)23-16(26)10-6-15(25)24(8-10)9-12-2-1-5-27-12/h1-5,7,10H,6,8-9H2,(H,22,23,26). The molecule has 152 valence electrons. The third-order valence-corrected chi connectivity index (χ3v) is 5.27. The number of likely N-dealkylation sites (tertiary alicyclic amines) is 1. The van der Waals surface area contributed by atoms with E-state index in [0.717, 1.165) is 17.4 Å². The van der Waals surface area contributed by atoms with E-state index in [1.807, 2.05) is 0 Å². The molecule has 1 aliphatic rings. The van der Waals surface area contributed by atoms with Crippen LogP contribution in [0.1, 0.15) is 12.2 Å². The average molecular weight is 425 g/mol. The highest BCUT2D eigenvalue weighted by atomic mass is 32.1. The van der Waals surface area contributed by atoms with Crippen molar-refractivity contribution in [3.8, 4) is 5.75 Å². The topological polar surface area (TPSA) is 84.7 Å². The Morgan fingerprint density at radius 2 is 2.21 bits per heavy atom. The van der Waals surface area contributed by atoms with Gasteiger partial charge in [0.15, 0.2) is 5.13 Å². The number of furan rings is 1. The second-order valence-electron chi connectivity index (χ2n) is 6.44. The number of rotatable bonds is 5. The number of amides is 2. The molecule has 1 saturated heterocycles. The van der Waals surface area contributed by atoms with Crippen LogP contribution in [0.15, 0.2) is 41.0 Å². The lowest BCUT2D eigenvalue weighted by Crippen LogP contribution is -2.27. The number of aromatic nitrogens is 1. The fourth-order valence-electron chi connectivity index (χ4n) is 3.05. The summed E-state index contributed by atoms with van der Waals surface area (Å²) in [6.45, 7) is 0.540. The van der Waals surface area contributed by atoms with Crippen LogP contribution in [0.3, 0.4) is 0 Å². The van der Waals surface area contributed by atoms with Gasteiger partial charge in [0.25, 0.3) is 0 Å². The van der Waals surface area contributed by atoms with Crippen LogP contribution in [0.5, 0.6) is 5.75 Å². The van der Waals surface area contributed by atoms with Gasteiger partial charge in [0.2, 0.25) is 11.8 Å². The first-order valence-corrected chi connectivity index (χ1v) is 9.36. The number of hydrogen-bond donors (Lipinski definition) is 1. The van der Waals surface area contributed by atoms with E-state index in [4.69, 9.17) is 4.42 Å². The van der Waals surface area contributed by atoms with Gasteiger partial charge in [-0.15, -0.1) is 13.2 Å². The lowest BCUT2D eigenvalue weighted by molar-refractivity contribution is -0.274. The van der Waals surface area contributed by atoms with Crippen molar-refractivity contribution in [2.75, 3.05) is 11.9 Å². The summed E-state index contributed by atoms with van der Waals surface area (Å²) < 4.78 is 46.6. The number of nitrogens with one attached hydrogen (secondary N) is 1. The highest BCUT2D eigenvalue weighted by molar-refractivity contribution is 7.22. The Kier molecular flexibility index (Phi) is 4.91. The summed E-state index contributed by atoms with van der Waals surface area (Å²) >= 11 is 1.03. The summed E-state index contributed by atoms with van der Waals surface area (Å²) in [5.41, 5.74) is 0.432. The molecule has 1 fully saturated rings. The maximum absolute atomic E-state index is 12.5. The van der Waals surface area contributed by atoms with Crippen LogP contribution in [-0.2, 0) is 16.1 Å². The van der Waals surface area contributed by atoms with E-state index >= 15 is 0 Å². The Labute approximate surface area is 166 Å². The van der Waals surface area contributed by atoms with E-state index in [2.05, 4.69) is 15.0 Å². The van der Waals surface area contributed by atoms with Gasteiger partial charge in [-0.25, -0.2) is 4.98 Å². The quantitative estimate of drug-likeness (QED) is 0.673. The summed E-state index contributed by atoms with van der Waals surface area (Å²) in [6.07, 6.45) is -3.20. The first kappa shape index (κ1) is 19.2. The highest BCUT2D eigenvalue weighted by Crippen LogP contribution is 2.32. The van der Waals surface area contributed by atoms with Crippen LogP contribution in [0.4, 0.5) is 18.3 Å². The Morgan fingerprint density at radius 3 is 2.93 bits per heavy atom. The molecule has 3 heterocycles. The molecule has 7 nitrogen and oxygen atoms in total. The van der Waals surface area contributed by atoms with Crippen LogP contribution in [0.25, 0.3) is 10.2 Å². The smallest absolute Gasteiger partial charge is 0.467 e. The molecule has 0 saturated carbocycles. The maximum Gasteiger partial charge on any atom is 0.573 e. The summed E-state index contributed by atoms with van der Waals surface area (Å²) in [4.78, 5) is 30.4. The minimum absolute atomic E-state index is 0.0704. The molecular weight excluding hydrogens is 411 g/mol. The minimum atomic E-state index is -4.79. The van der Waals surface area contributed by atoms with Crippen molar-refractivity contribution in [3.63, 3.8) is 0 Å². The van der Waals surface area contributed by atoms with E-state index in [-0.39, 0.29) is 35.7 Å². The van der Waals surface area contributed by atoms with Gasteiger partial charge in [-0.1, -0.05) is 11.3 Å². The number of anilines is 1. The largest absolute Gasteiger partial charge is 0.573 e. The third kappa shape index (κ3) is 4.50. The van der Waals surface area contributed by atoms with Crippen LogP contribution in [0.2, 0.25) is 0 Å². The Morgan fingerprint density at radius 1 is 1.38 bits per heavy atom. The van der Waals surface area contributed by atoms with Crippen molar-refractivity contribution in [1.82, 2.24) is 9.88 Å². The van der Waals surface area contributed by atoms with Crippen LogP contribution in [-0.4, -0.2) is 34.6 Å². The zero-order valence-electron chi connectivity index (χ0n) is 14.7. The van der Waals surface area contributed by atoms with Gasteiger partial charge in [0, 0.05) is 19.0 Å². The molecule has 0 aliphatic carbocycles. The van der Waals surface area contributed by atoms with Gasteiger partial charge in [0.1, 0.15) is 11.5 Å². The molecule has 3 aromatic rings. The zero-order valence-corrected chi connectivity index (χ0v) is 15.5. The molecule has 1 atom stereocenters. The Bertz CT molecular complexity index is 1050. The van der Waals surface area contributed by atoms with Crippen molar-refractivity contribution in [3.05, 3.63) is 42.4 Å². The average Bonchev–Trinajstić information content (AvgIpc) is 3.34. The van der Waals surface area contributed by atoms with Crippen molar-refractivity contribution in [2.45, 2.75) is 19.3 Å². The normalized spacial score (nSPS) is 17.1. The fourth-order valence-corrected chi connectivity index (χ4v) is 3.95. The summed E-state index contributed by atoms with van der Waals surface area (Å²) in [5, 5.41) is 2.89. The first-order chi connectivity index (χ1) is 13.8. The number of ether oxygens (including phenoxy) is 1. The van der Waals surface area contributed by atoms with Gasteiger partial charge in [-0.2, -0.15) is 0 Å². The van der Waals surface area contributed by atoms with Crippen LogP contribution in [0, 0.1) is 5.92 Å². The van der Waals surface area contributed by atoms with E-state index < -0.39 is 12.3 Å². The zero-order chi connectivity index (χ0) is 20.6. The molecule has 2 amide bonds. The number of hydrogen-bond acceptors (Lipinski definition) is 6. The molecule has 1 aliphatic heterocycles. The van der Waals surface area contributed by atoms with Crippen molar-refractivity contribution in [1.29, 1.82) is 0 Å². The molecule has 0 spiro atoms. The number of carbonyl (C=O) groups excluding carboxylic acids is 2. The van der Waals surface area contributed by atoms with Crippen molar-refractivity contribution >= 4 is 38.5 Å². The number of benzene rings is 1. The molecule has 29 heavy (non-hydrogen) atoms. The monoisotopic (exact) mass is 425 g/mol. The second kappa shape index (κ2) is 7.39. The Balaban J connectivity index is 1.41. The van der Waals surface area contributed by atoms with Gasteiger partial charge in [0.05, 0.1) is 28.9 Å². The molecule has 11 heteroatoms. The molecule has 4 rings (SSSR count). The molecule has 1 N–H and O–H groups in total.